The van der Waals surface area contributed by atoms with Crippen LogP contribution in [0.1, 0.15) is 59.9 Å². The summed E-state index contributed by atoms with van der Waals surface area (Å²) >= 11 is 0. The average Bonchev–Trinajstić information content (AvgIpc) is 2.90. The number of carbonyl (C=O) groups excluding carboxylic acids is 1. The number of carbonyl (C=O) groups is 1. The highest BCUT2D eigenvalue weighted by molar-refractivity contribution is 5.84. The van der Waals surface area contributed by atoms with Gasteiger partial charge in [0.25, 0.3) is 0 Å². The third-order valence-electron chi connectivity index (χ3n) is 6.78. The Morgan fingerprint density at radius 1 is 0.842 bits per heavy atom. The molecule has 0 aliphatic rings. The maximum atomic E-state index is 12.4. The summed E-state index contributed by atoms with van der Waals surface area (Å²) in [6, 6.07) is 24.5. The Bertz CT molecular complexity index is 1080. The van der Waals surface area contributed by atoms with Gasteiger partial charge in [-0.2, -0.15) is 13.2 Å². The van der Waals surface area contributed by atoms with Gasteiger partial charge in [-0.1, -0.05) is 85.1 Å². The third kappa shape index (κ3) is 9.32. The van der Waals surface area contributed by atoms with E-state index in [0.29, 0.717) is 17.9 Å². The van der Waals surface area contributed by atoms with E-state index in [1.807, 2.05) is 0 Å². The number of benzene rings is 3. The predicted molar refractivity (Wildman–Crippen MR) is 147 cm³/mol. The molecule has 0 aliphatic carbocycles. The van der Waals surface area contributed by atoms with Crippen molar-refractivity contribution >= 4 is 5.78 Å². The van der Waals surface area contributed by atoms with E-state index >= 15 is 0 Å². The molecule has 0 aliphatic heterocycles. The van der Waals surface area contributed by atoms with Gasteiger partial charge in [0, 0.05) is 25.4 Å². The smallest absolute Gasteiger partial charge is 0.449 e. The number of unbranched alkanes of at least 4 members (excludes halogenated alkanes) is 1. The Labute approximate surface area is 224 Å². The number of alkyl halides is 3. The Morgan fingerprint density at radius 3 is 1.89 bits per heavy atom. The van der Waals surface area contributed by atoms with Crippen LogP contribution in [0.2, 0.25) is 0 Å². The first-order valence-electron chi connectivity index (χ1n) is 13.3. The largest absolute Gasteiger partial charge is 0.492 e. The topological polar surface area (TPSA) is 29.5 Å². The Hall–Kier alpha value is -3.12. The zero-order valence-electron chi connectivity index (χ0n) is 22.6. The molecule has 0 N–H and O–H groups in total. The molecule has 0 amide bonds. The highest BCUT2D eigenvalue weighted by Crippen LogP contribution is 2.27. The molecular formula is C32H38F3NO2. The van der Waals surface area contributed by atoms with E-state index in [-0.39, 0.29) is 12.3 Å². The normalized spacial score (nSPS) is 11.8. The van der Waals surface area contributed by atoms with Crippen molar-refractivity contribution in [3.8, 4) is 5.75 Å². The van der Waals surface area contributed by atoms with Crippen molar-refractivity contribution in [1.29, 1.82) is 0 Å². The van der Waals surface area contributed by atoms with Crippen LogP contribution in [-0.2, 0) is 11.2 Å². The van der Waals surface area contributed by atoms with Gasteiger partial charge in [-0.3, -0.25) is 9.69 Å². The fraction of sp³-hybridized carbons (Fsp3) is 0.406. The number of ether oxygens (including phenoxy) is 1. The second-order valence-corrected chi connectivity index (χ2v) is 9.94. The van der Waals surface area contributed by atoms with E-state index in [4.69, 9.17) is 4.74 Å². The highest BCUT2D eigenvalue weighted by atomic mass is 19.4. The molecule has 38 heavy (non-hydrogen) atoms. The summed E-state index contributed by atoms with van der Waals surface area (Å²) in [6.45, 7) is 9.51. The minimum atomic E-state index is -4.77. The lowest BCUT2D eigenvalue weighted by Gasteiger charge is -2.28. The Kier molecular flexibility index (Phi) is 11.0. The number of hydrogen-bond acceptors (Lipinski definition) is 3. The molecule has 3 rings (SSSR count). The summed E-state index contributed by atoms with van der Waals surface area (Å²) in [5.74, 6) is -0.786. The van der Waals surface area contributed by atoms with Gasteiger partial charge in [0.05, 0.1) is 0 Å². The maximum absolute atomic E-state index is 12.4. The number of halogens is 3. The number of Topliss-reactive ketones (excluding diaryl/α,β-unsaturated/α-hetero) is 1. The molecule has 204 valence electrons. The number of hydrogen-bond donors (Lipinski definition) is 0. The van der Waals surface area contributed by atoms with E-state index in [2.05, 4.69) is 74.2 Å². The standard InChI is InChI=1S/C32H38F3NO2/c1-4-5-20-36(21-22-38-29-17-10-26(11-18-29)12-19-31(37)32(33,34)35)23-30(27-13-6-24(2)7-14-27)28-15-8-25(3)9-16-28/h6-11,13-18,30H,4-5,12,19-23H2,1-3H3. The minimum absolute atomic E-state index is 0.0584. The molecule has 0 bridgehead atoms. The second kappa shape index (κ2) is 14.1. The first kappa shape index (κ1) is 29.4. The summed E-state index contributed by atoms with van der Waals surface area (Å²) in [5, 5.41) is 0. The first-order chi connectivity index (χ1) is 18.2. The zero-order chi connectivity index (χ0) is 27.5. The van der Waals surface area contributed by atoms with Gasteiger partial charge < -0.3 is 4.74 Å². The fourth-order valence-corrected chi connectivity index (χ4v) is 4.38. The van der Waals surface area contributed by atoms with Crippen molar-refractivity contribution in [2.24, 2.45) is 0 Å². The van der Waals surface area contributed by atoms with Crippen LogP contribution < -0.4 is 4.74 Å². The molecule has 6 heteroatoms. The van der Waals surface area contributed by atoms with Crippen LogP contribution in [0.4, 0.5) is 13.2 Å². The van der Waals surface area contributed by atoms with Crippen LogP contribution in [-0.4, -0.2) is 43.1 Å². The van der Waals surface area contributed by atoms with Gasteiger partial charge in [0.2, 0.25) is 5.78 Å². The summed E-state index contributed by atoms with van der Waals surface area (Å²) in [4.78, 5) is 13.6. The maximum Gasteiger partial charge on any atom is 0.449 e. The van der Waals surface area contributed by atoms with Gasteiger partial charge in [0.1, 0.15) is 12.4 Å². The minimum Gasteiger partial charge on any atom is -0.492 e. The summed E-state index contributed by atoms with van der Waals surface area (Å²) in [5.41, 5.74) is 5.75. The fourth-order valence-electron chi connectivity index (χ4n) is 4.38. The molecule has 0 atom stereocenters. The van der Waals surface area contributed by atoms with Crippen LogP contribution in [0, 0.1) is 13.8 Å². The average molecular weight is 526 g/mol. The van der Waals surface area contributed by atoms with Gasteiger partial charge >= 0.3 is 6.18 Å². The van der Waals surface area contributed by atoms with Gasteiger partial charge in [-0.15, -0.1) is 0 Å². The van der Waals surface area contributed by atoms with Crippen molar-refractivity contribution < 1.29 is 22.7 Å². The van der Waals surface area contributed by atoms with E-state index in [1.54, 1.807) is 24.3 Å². The molecule has 0 saturated carbocycles. The van der Waals surface area contributed by atoms with Crippen molar-refractivity contribution in [3.05, 3.63) is 101 Å². The van der Waals surface area contributed by atoms with Gasteiger partial charge in [-0.25, -0.2) is 0 Å². The molecule has 0 spiro atoms. The lowest BCUT2D eigenvalue weighted by Crippen LogP contribution is -2.33. The summed E-state index contributed by atoms with van der Waals surface area (Å²) < 4.78 is 43.3. The molecule has 3 aromatic carbocycles. The van der Waals surface area contributed by atoms with E-state index in [1.165, 1.54) is 22.3 Å². The second-order valence-electron chi connectivity index (χ2n) is 9.94. The lowest BCUT2D eigenvalue weighted by molar-refractivity contribution is -0.171. The molecular weight excluding hydrogens is 487 g/mol. The number of nitrogens with zero attached hydrogens (tertiary/aromatic N) is 1. The highest BCUT2D eigenvalue weighted by Gasteiger charge is 2.37. The SMILES string of the molecule is CCCCN(CCOc1ccc(CCC(=O)C(F)(F)F)cc1)CC(c1ccc(C)cc1)c1ccc(C)cc1. The summed E-state index contributed by atoms with van der Waals surface area (Å²) in [6.07, 6.45) is -3.05. The molecule has 0 heterocycles. The van der Waals surface area contributed by atoms with E-state index < -0.39 is 18.4 Å². The Morgan fingerprint density at radius 2 is 1.39 bits per heavy atom. The molecule has 3 nitrogen and oxygen atoms in total. The Balaban J connectivity index is 1.62. The van der Waals surface area contributed by atoms with Crippen LogP contribution in [0.25, 0.3) is 0 Å². The predicted octanol–water partition coefficient (Wildman–Crippen LogP) is 7.68. The summed E-state index contributed by atoms with van der Waals surface area (Å²) in [7, 11) is 0. The van der Waals surface area contributed by atoms with Crippen LogP contribution in [0.5, 0.6) is 5.75 Å². The molecule has 0 fully saturated rings. The number of ketones is 1. The first-order valence-corrected chi connectivity index (χ1v) is 13.3. The lowest BCUT2D eigenvalue weighted by atomic mass is 9.89. The van der Waals surface area contributed by atoms with Crippen molar-refractivity contribution in [2.45, 2.75) is 58.5 Å². The van der Waals surface area contributed by atoms with E-state index in [9.17, 15) is 18.0 Å². The molecule has 0 saturated heterocycles. The van der Waals surface area contributed by atoms with Crippen molar-refractivity contribution in [1.82, 2.24) is 4.90 Å². The molecule has 0 aromatic heterocycles. The molecule has 0 radical (unpaired) electrons. The van der Waals surface area contributed by atoms with Crippen LogP contribution in [0.15, 0.2) is 72.8 Å². The van der Waals surface area contributed by atoms with Crippen LogP contribution >= 0.6 is 0 Å². The number of aryl methyl sites for hydroxylation is 3. The number of rotatable bonds is 14. The quantitative estimate of drug-likeness (QED) is 0.216. The zero-order valence-corrected chi connectivity index (χ0v) is 22.6. The van der Waals surface area contributed by atoms with E-state index in [0.717, 1.165) is 32.5 Å². The third-order valence-corrected chi connectivity index (χ3v) is 6.78. The van der Waals surface area contributed by atoms with Gasteiger partial charge in [-0.05, 0) is 62.1 Å². The van der Waals surface area contributed by atoms with Gasteiger partial charge in [0.15, 0.2) is 0 Å². The van der Waals surface area contributed by atoms with Crippen LogP contribution in [0.3, 0.4) is 0 Å². The van der Waals surface area contributed by atoms with Crippen molar-refractivity contribution in [2.75, 3.05) is 26.2 Å². The molecule has 0 unspecified atom stereocenters. The molecule has 3 aromatic rings. The monoisotopic (exact) mass is 525 g/mol. The van der Waals surface area contributed by atoms with Crippen molar-refractivity contribution in [3.63, 3.8) is 0 Å².